The molecule has 0 saturated heterocycles. The van der Waals surface area contributed by atoms with Crippen molar-refractivity contribution in [2.24, 2.45) is 5.92 Å². The van der Waals surface area contributed by atoms with E-state index in [0.29, 0.717) is 5.56 Å². The van der Waals surface area contributed by atoms with Gasteiger partial charge in [0.2, 0.25) is 5.78 Å². The fourth-order valence-corrected chi connectivity index (χ4v) is 2.90. The maximum absolute atomic E-state index is 11.9. The Morgan fingerprint density at radius 2 is 1.95 bits per heavy atom. The predicted molar refractivity (Wildman–Crippen MR) is 78.0 cm³/mol. The van der Waals surface area contributed by atoms with Crippen LogP contribution in [0.25, 0.3) is 18.2 Å². The molecule has 1 aromatic carbocycles. The molecule has 2 nitrogen and oxygen atoms in total. The summed E-state index contributed by atoms with van der Waals surface area (Å²) in [5.41, 5.74) is 2.79. The number of fused-ring (bicyclic) bond motifs is 3. The van der Waals surface area contributed by atoms with E-state index in [2.05, 4.69) is 0 Å². The SMILES string of the molecule is O=C1C=CC=c2cc3c(cc21)=CC1C(=O)[CH+]C=CC1=C3. The Hall–Kier alpha value is -2.61. The maximum atomic E-state index is 11.9. The Morgan fingerprint density at radius 3 is 2.85 bits per heavy atom. The molecule has 0 spiro atoms. The summed E-state index contributed by atoms with van der Waals surface area (Å²) in [7, 11) is 0. The monoisotopic (exact) mass is 259 g/mol. The van der Waals surface area contributed by atoms with Crippen molar-refractivity contribution >= 4 is 29.8 Å². The van der Waals surface area contributed by atoms with Crippen molar-refractivity contribution in [2.75, 3.05) is 0 Å². The summed E-state index contributed by atoms with van der Waals surface area (Å²) in [5.74, 6) is -0.0847. The van der Waals surface area contributed by atoms with Crippen LogP contribution >= 0.6 is 0 Å². The second kappa shape index (κ2) is 3.94. The number of allylic oxidation sites excluding steroid dienone is 5. The topological polar surface area (TPSA) is 34.1 Å². The first-order valence-electron chi connectivity index (χ1n) is 6.58. The third-order valence-corrected chi connectivity index (χ3v) is 3.93. The highest BCUT2D eigenvalue weighted by molar-refractivity contribution is 6.07. The van der Waals surface area contributed by atoms with Crippen LogP contribution in [0.2, 0.25) is 0 Å². The van der Waals surface area contributed by atoms with E-state index >= 15 is 0 Å². The number of ketones is 2. The van der Waals surface area contributed by atoms with Gasteiger partial charge in [-0.2, -0.15) is 0 Å². The van der Waals surface area contributed by atoms with Gasteiger partial charge in [-0.05, 0) is 40.3 Å². The van der Waals surface area contributed by atoms with E-state index in [4.69, 9.17) is 0 Å². The third kappa shape index (κ3) is 1.55. The van der Waals surface area contributed by atoms with Gasteiger partial charge >= 0.3 is 0 Å². The van der Waals surface area contributed by atoms with Crippen LogP contribution in [0.15, 0.2) is 42.0 Å². The Bertz CT molecular complexity index is 863. The van der Waals surface area contributed by atoms with Crippen LogP contribution < -0.4 is 10.4 Å². The molecule has 1 atom stereocenters. The molecule has 0 aromatic heterocycles. The number of rotatable bonds is 0. The summed E-state index contributed by atoms with van der Waals surface area (Å²) >= 11 is 0. The van der Waals surface area contributed by atoms with Crippen LogP contribution in [0.3, 0.4) is 0 Å². The lowest BCUT2D eigenvalue weighted by Gasteiger charge is -2.16. The number of benzene rings is 1. The van der Waals surface area contributed by atoms with Crippen LogP contribution in [0, 0.1) is 12.3 Å². The minimum Gasteiger partial charge on any atom is -0.289 e. The molecule has 0 saturated carbocycles. The van der Waals surface area contributed by atoms with Crippen molar-refractivity contribution in [1.29, 1.82) is 0 Å². The summed E-state index contributed by atoms with van der Waals surface area (Å²) in [6, 6.07) is 3.91. The zero-order valence-electron chi connectivity index (χ0n) is 10.7. The molecule has 4 rings (SSSR count). The smallest absolute Gasteiger partial charge is 0.248 e. The van der Waals surface area contributed by atoms with Gasteiger partial charge in [0.15, 0.2) is 5.78 Å². The van der Waals surface area contributed by atoms with Crippen LogP contribution in [-0.2, 0) is 4.79 Å². The molecule has 0 heterocycles. The fourth-order valence-electron chi connectivity index (χ4n) is 2.90. The van der Waals surface area contributed by atoms with Crippen molar-refractivity contribution in [3.63, 3.8) is 0 Å². The molecule has 2 heteroatoms. The number of carbonyl (C=O) groups excluding carboxylic acids is 2. The van der Waals surface area contributed by atoms with Gasteiger partial charge in [0.05, 0.1) is 11.6 Å². The highest BCUT2D eigenvalue weighted by atomic mass is 16.1. The van der Waals surface area contributed by atoms with E-state index in [1.165, 1.54) is 0 Å². The van der Waals surface area contributed by atoms with Gasteiger partial charge in [-0.1, -0.05) is 18.2 Å². The molecule has 94 valence electrons. The van der Waals surface area contributed by atoms with Crippen molar-refractivity contribution in [1.82, 2.24) is 0 Å². The van der Waals surface area contributed by atoms with Gasteiger partial charge in [0.1, 0.15) is 18.4 Å². The zero-order chi connectivity index (χ0) is 13.7. The predicted octanol–water partition coefficient (Wildman–Crippen LogP) is 1.36. The minimum atomic E-state index is -0.205. The number of carbonyl (C=O) groups is 2. The Balaban J connectivity index is 2.00. The maximum Gasteiger partial charge on any atom is 0.248 e. The van der Waals surface area contributed by atoms with Crippen molar-refractivity contribution in [3.05, 3.63) is 70.0 Å². The van der Waals surface area contributed by atoms with Gasteiger partial charge in [0, 0.05) is 5.56 Å². The molecular weight excluding hydrogens is 248 g/mol. The molecule has 1 aromatic rings. The minimum absolute atomic E-state index is 0.0231. The zero-order valence-corrected chi connectivity index (χ0v) is 10.7. The molecule has 0 radical (unpaired) electrons. The Morgan fingerprint density at radius 1 is 1.05 bits per heavy atom. The van der Waals surface area contributed by atoms with E-state index in [0.717, 1.165) is 21.6 Å². The Labute approximate surface area is 116 Å². The van der Waals surface area contributed by atoms with E-state index < -0.39 is 0 Å². The quantitative estimate of drug-likeness (QED) is 0.659. The van der Waals surface area contributed by atoms with E-state index in [-0.39, 0.29) is 17.5 Å². The molecule has 0 bridgehead atoms. The van der Waals surface area contributed by atoms with Crippen molar-refractivity contribution < 1.29 is 9.59 Å². The van der Waals surface area contributed by atoms with Gasteiger partial charge in [-0.15, -0.1) is 0 Å². The molecule has 3 aliphatic carbocycles. The summed E-state index contributed by atoms with van der Waals surface area (Å²) in [5, 5.41) is 1.91. The molecule has 3 aliphatic rings. The largest absolute Gasteiger partial charge is 0.289 e. The lowest BCUT2D eigenvalue weighted by molar-refractivity contribution is -0.116. The lowest BCUT2D eigenvalue weighted by Crippen LogP contribution is -2.28. The molecule has 0 N–H and O–H groups in total. The van der Waals surface area contributed by atoms with Crippen LogP contribution in [0.4, 0.5) is 0 Å². The van der Waals surface area contributed by atoms with Crippen molar-refractivity contribution in [3.8, 4) is 0 Å². The first-order chi connectivity index (χ1) is 9.72. The average Bonchev–Trinajstić information content (AvgIpc) is 2.45. The number of hydrogen-bond acceptors (Lipinski definition) is 2. The number of Topliss-reactive ketones (excluding diaryl/α,β-unsaturated/α-hetero) is 1. The van der Waals surface area contributed by atoms with Gasteiger partial charge in [-0.3, -0.25) is 9.59 Å². The van der Waals surface area contributed by atoms with E-state index in [9.17, 15) is 9.59 Å². The average molecular weight is 259 g/mol. The van der Waals surface area contributed by atoms with E-state index in [1.54, 1.807) is 24.6 Å². The van der Waals surface area contributed by atoms with E-state index in [1.807, 2.05) is 36.4 Å². The van der Waals surface area contributed by atoms with Gasteiger partial charge in [0.25, 0.3) is 0 Å². The molecule has 0 fully saturated rings. The number of hydrogen-bond donors (Lipinski definition) is 0. The molecular formula is C18H11O2+. The van der Waals surface area contributed by atoms with Crippen LogP contribution in [0.5, 0.6) is 0 Å². The van der Waals surface area contributed by atoms with Gasteiger partial charge in [-0.25, -0.2) is 0 Å². The summed E-state index contributed by atoms with van der Waals surface area (Å²) in [6.45, 7) is 0. The summed E-state index contributed by atoms with van der Waals surface area (Å²) in [6.07, 6.45) is 14.7. The van der Waals surface area contributed by atoms with Crippen molar-refractivity contribution in [2.45, 2.75) is 0 Å². The summed E-state index contributed by atoms with van der Waals surface area (Å²) in [4.78, 5) is 23.8. The molecule has 1 unspecified atom stereocenters. The first-order valence-corrected chi connectivity index (χ1v) is 6.58. The standard InChI is InChI=1S/C18H11O2/c19-17-5-1-3-11-7-13-8-12-4-2-6-18(20)16(12)10-14(13)9-15(11)17/h1-10,15H/q+1. The summed E-state index contributed by atoms with van der Waals surface area (Å²) < 4.78 is 0. The molecule has 0 aliphatic heterocycles. The van der Waals surface area contributed by atoms with Crippen LogP contribution in [-0.4, -0.2) is 11.6 Å². The normalized spacial score (nSPS) is 21.8. The molecule has 0 amide bonds. The second-order valence-corrected chi connectivity index (χ2v) is 5.18. The second-order valence-electron chi connectivity index (χ2n) is 5.18. The highest BCUT2D eigenvalue weighted by Gasteiger charge is 2.30. The van der Waals surface area contributed by atoms with Crippen LogP contribution in [0.1, 0.15) is 15.9 Å². The Kier molecular flexibility index (Phi) is 2.21. The highest BCUT2D eigenvalue weighted by Crippen LogP contribution is 2.26. The third-order valence-electron chi connectivity index (χ3n) is 3.93. The molecule has 20 heavy (non-hydrogen) atoms. The fraction of sp³-hybridized carbons (Fsp3) is 0.0556. The lowest BCUT2D eigenvalue weighted by atomic mass is 9.82. The first kappa shape index (κ1) is 11.2. The van der Waals surface area contributed by atoms with Gasteiger partial charge < -0.3 is 0 Å².